The minimum Gasteiger partial charge on any atom is -0.481 e. The van der Waals surface area contributed by atoms with E-state index in [0.717, 1.165) is 0 Å². The van der Waals surface area contributed by atoms with Crippen LogP contribution in [0.5, 0.6) is 0 Å². The van der Waals surface area contributed by atoms with E-state index in [9.17, 15) is 9.59 Å². The van der Waals surface area contributed by atoms with E-state index in [1.54, 1.807) is 18.2 Å². The van der Waals surface area contributed by atoms with Crippen LogP contribution < -0.4 is 5.73 Å². The molecule has 86 valence electrons. The molecule has 0 heterocycles. The molecule has 1 aromatic rings. The quantitative estimate of drug-likeness (QED) is 0.588. The van der Waals surface area contributed by atoms with Gasteiger partial charge in [0.2, 0.25) is 0 Å². The van der Waals surface area contributed by atoms with Gasteiger partial charge >= 0.3 is 11.9 Å². The number of rotatable bonds is 4. The molecule has 0 saturated carbocycles. The molecule has 0 fully saturated rings. The molecule has 0 unspecified atom stereocenters. The topological polar surface area (TPSA) is 89.6 Å². The number of ether oxygens (including phenoxy) is 1. The van der Waals surface area contributed by atoms with Crippen molar-refractivity contribution < 1.29 is 19.4 Å². The van der Waals surface area contributed by atoms with Crippen LogP contribution in [-0.4, -0.2) is 24.2 Å². The van der Waals surface area contributed by atoms with Crippen LogP contribution in [0.1, 0.15) is 22.3 Å². The second-order valence-electron chi connectivity index (χ2n) is 3.26. The number of esters is 1. The van der Waals surface area contributed by atoms with Gasteiger partial charge in [0.05, 0.1) is 12.7 Å². The Morgan fingerprint density at radius 2 is 2.12 bits per heavy atom. The van der Waals surface area contributed by atoms with Crippen molar-refractivity contribution in [3.63, 3.8) is 0 Å². The average Bonchev–Trinajstić information content (AvgIpc) is 2.25. The summed E-state index contributed by atoms with van der Waals surface area (Å²) in [5.41, 5.74) is 6.95. The highest BCUT2D eigenvalue weighted by Gasteiger charge is 2.14. The summed E-state index contributed by atoms with van der Waals surface area (Å²) in [4.78, 5) is 21.9. The number of hydrogen-bond acceptors (Lipinski definition) is 4. The Kier molecular flexibility index (Phi) is 3.88. The van der Waals surface area contributed by atoms with Gasteiger partial charge < -0.3 is 15.6 Å². The van der Waals surface area contributed by atoms with Crippen molar-refractivity contribution in [2.75, 3.05) is 12.8 Å². The number of nitrogens with two attached hydrogens (primary N) is 1. The Hall–Kier alpha value is -2.04. The van der Waals surface area contributed by atoms with Crippen molar-refractivity contribution in [3.05, 3.63) is 29.3 Å². The van der Waals surface area contributed by atoms with Crippen molar-refractivity contribution in [2.24, 2.45) is 0 Å². The number of hydrogen-bond donors (Lipinski definition) is 2. The normalized spacial score (nSPS) is 9.81. The Balaban J connectivity index is 3.03. The largest absolute Gasteiger partial charge is 0.481 e. The van der Waals surface area contributed by atoms with E-state index < -0.39 is 11.9 Å². The molecule has 0 spiro atoms. The van der Waals surface area contributed by atoms with E-state index in [1.165, 1.54) is 7.11 Å². The van der Waals surface area contributed by atoms with Gasteiger partial charge in [0.15, 0.2) is 0 Å². The smallest absolute Gasteiger partial charge is 0.338 e. The van der Waals surface area contributed by atoms with Gasteiger partial charge in [-0.15, -0.1) is 0 Å². The standard InChI is InChI=1S/C11H13NO4/c1-16-11(15)8-3-2-4-9(12)7(8)5-6-10(13)14/h2-4H,5-6,12H2,1H3,(H,13,14). The number of carbonyl (C=O) groups is 2. The molecule has 0 aliphatic rings. The van der Waals surface area contributed by atoms with Gasteiger partial charge in [0.1, 0.15) is 0 Å². The summed E-state index contributed by atoms with van der Waals surface area (Å²) in [6.07, 6.45) is 0.143. The molecule has 0 radical (unpaired) electrons. The maximum absolute atomic E-state index is 11.4. The summed E-state index contributed by atoms with van der Waals surface area (Å²) >= 11 is 0. The number of carboxylic acids is 1. The van der Waals surface area contributed by atoms with Crippen LogP contribution in [-0.2, 0) is 16.0 Å². The van der Waals surface area contributed by atoms with Crippen LogP contribution in [0, 0.1) is 0 Å². The Bertz CT molecular complexity index is 414. The summed E-state index contributed by atoms with van der Waals surface area (Å²) in [5, 5.41) is 8.60. The third-order valence-corrected chi connectivity index (χ3v) is 2.21. The van der Waals surface area contributed by atoms with E-state index >= 15 is 0 Å². The van der Waals surface area contributed by atoms with Gasteiger partial charge in [-0.2, -0.15) is 0 Å². The fraction of sp³-hybridized carbons (Fsp3) is 0.273. The number of carbonyl (C=O) groups excluding carboxylic acids is 1. The third-order valence-electron chi connectivity index (χ3n) is 2.21. The lowest BCUT2D eigenvalue weighted by Crippen LogP contribution is -2.09. The van der Waals surface area contributed by atoms with Gasteiger partial charge in [0.25, 0.3) is 0 Å². The number of anilines is 1. The van der Waals surface area contributed by atoms with Crippen molar-refractivity contribution in [2.45, 2.75) is 12.8 Å². The molecule has 0 aromatic heterocycles. The lowest BCUT2D eigenvalue weighted by atomic mass is 10.0. The molecule has 1 rings (SSSR count). The predicted octanol–water partition coefficient (Wildman–Crippen LogP) is 1.07. The van der Waals surface area contributed by atoms with Crippen LogP contribution in [0.15, 0.2) is 18.2 Å². The minimum absolute atomic E-state index is 0.0712. The molecule has 0 bridgehead atoms. The fourth-order valence-corrected chi connectivity index (χ4v) is 1.42. The molecule has 3 N–H and O–H groups in total. The summed E-state index contributed by atoms with van der Waals surface area (Å²) in [7, 11) is 1.27. The highest BCUT2D eigenvalue weighted by Crippen LogP contribution is 2.19. The molecule has 0 amide bonds. The molecule has 16 heavy (non-hydrogen) atoms. The molecular weight excluding hydrogens is 210 g/mol. The SMILES string of the molecule is COC(=O)c1cccc(N)c1CCC(=O)O. The van der Waals surface area contributed by atoms with Crippen molar-refractivity contribution >= 4 is 17.6 Å². The zero-order valence-corrected chi connectivity index (χ0v) is 8.90. The van der Waals surface area contributed by atoms with E-state index in [2.05, 4.69) is 4.74 Å². The first-order chi connectivity index (χ1) is 7.56. The molecule has 0 atom stereocenters. The van der Waals surface area contributed by atoms with E-state index in [1.807, 2.05) is 0 Å². The summed E-state index contributed by atoms with van der Waals surface area (Å²) in [6, 6.07) is 4.83. The first-order valence-corrected chi connectivity index (χ1v) is 4.73. The Morgan fingerprint density at radius 1 is 1.44 bits per heavy atom. The van der Waals surface area contributed by atoms with Gasteiger partial charge in [-0.1, -0.05) is 6.07 Å². The maximum Gasteiger partial charge on any atom is 0.338 e. The van der Waals surface area contributed by atoms with Crippen molar-refractivity contribution in [1.29, 1.82) is 0 Å². The van der Waals surface area contributed by atoms with Gasteiger partial charge in [-0.3, -0.25) is 4.79 Å². The summed E-state index contributed by atoms with van der Waals surface area (Å²) in [5.74, 6) is -1.44. The molecule has 5 heteroatoms. The number of carboxylic acid groups (broad SMARTS) is 1. The molecule has 0 aliphatic carbocycles. The zero-order chi connectivity index (χ0) is 12.1. The first kappa shape index (κ1) is 12.0. The summed E-state index contributed by atoms with van der Waals surface area (Å²) in [6.45, 7) is 0. The van der Waals surface area contributed by atoms with E-state index in [-0.39, 0.29) is 12.8 Å². The predicted molar refractivity (Wildman–Crippen MR) is 58.2 cm³/mol. The minimum atomic E-state index is -0.931. The number of aliphatic carboxylic acids is 1. The number of benzene rings is 1. The van der Waals surface area contributed by atoms with Crippen LogP contribution in [0.25, 0.3) is 0 Å². The highest BCUT2D eigenvalue weighted by atomic mass is 16.5. The Labute approximate surface area is 92.8 Å². The highest BCUT2D eigenvalue weighted by molar-refractivity contribution is 5.92. The third kappa shape index (κ3) is 2.73. The number of methoxy groups -OCH3 is 1. The van der Waals surface area contributed by atoms with Crippen LogP contribution >= 0.6 is 0 Å². The average molecular weight is 223 g/mol. The zero-order valence-electron chi connectivity index (χ0n) is 8.90. The molecule has 0 saturated heterocycles. The monoisotopic (exact) mass is 223 g/mol. The van der Waals surface area contributed by atoms with Gasteiger partial charge in [0, 0.05) is 12.1 Å². The fourth-order valence-electron chi connectivity index (χ4n) is 1.42. The van der Waals surface area contributed by atoms with E-state index in [4.69, 9.17) is 10.8 Å². The van der Waals surface area contributed by atoms with Crippen LogP contribution in [0.3, 0.4) is 0 Å². The van der Waals surface area contributed by atoms with E-state index in [0.29, 0.717) is 16.8 Å². The molecular formula is C11H13NO4. The van der Waals surface area contributed by atoms with Crippen LogP contribution in [0.4, 0.5) is 5.69 Å². The second-order valence-corrected chi connectivity index (χ2v) is 3.26. The molecule has 1 aromatic carbocycles. The first-order valence-electron chi connectivity index (χ1n) is 4.73. The second kappa shape index (κ2) is 5.16. The number of nitrogen functional groups attached to an aromatic ring is 1. The lowest BCUT2D eigenvalue weighted by molar-refractivity contribution is -0.136. The van der Waals surface area contributed by atoms with Gasteiger partial charge in [-0.05, 0) is 24.1 Å². The Morgan fingerprint density at radius 3 is 2.69 bits per heavy atom. The van der Waals surface area contributed by atoms with Gasteiger partial charge in [-0.25, -0.2) is 4.79 Å². The van der Waals surface area contributed by atoms with Crippen LogP contribution in [0.2, 0.25) is 0 Å². The van der Waals surface area contributed by atoms with Crippen molar-refractivity contribution in [3.8, 4) is 0 Å². The molecule has 5 nitrogen and oxygen atoms in total. The maximum atomic E-state index is 11.4. The van der Waals surface area contributed by atoms with Crippen molar-refractivity contribution in [1.82, 2.24) is 0 Å². The summed E-state index contributed by atoms with van der Waals surface area (Å²) < 4.78 is 4.60. The molecule has 0 aliphatic heterocycles. The lowest BCUT2D eigenvalue weighted by Gasteiger charge is -2.09.